The number of amides is 1. The lowest BCUT2D eigenvalue weighted by Gasteiger charge is -2.52. The number of halogens is 1. The van der Waals surface area contributed by atoms with Gasteiger partial charge in [-0.3, -0.25) is 4.79 Å². The Morgan fingerprint density at radius 2 is 1.95 bits per heavy atom. The van der Waals surface area contributed by atoms with Crippen LogP contribution < -0.4 is 0 Å². The van der Waals surface area contributed by atoms with E-state index in [1.807, 2.05) is 31.2 Å². The summed E-state index contributed by atoms with van der Waals surface area (Å²) < 4.78 is 6.39. The average Bonchev–Trinajstić information content (AvgIpc) is 2.80. The van der Waals surface area contributed by atoms with E-state index < -0.39 is 5.72 Å². The van der Waals surface area contributed by atoms with Crippen molar-refractivity contribution in [3.63, 3.8) is 0 Å². The fourth-order valence-electron chi connectivity index (χ4n) is 4.59. The number of carbonyl (C=O) groups is 1. The maximum absolute atomic E-state index is 12.9. The fourth-order valence-corrected chi connectivity index (χ4v) is 4.72. The molecule has 2 heterocycles. The predicted molar refractivity (Wildman–Crippen MR) is 85.5 cm³/mol. The molecule has 0 spiro atoms. The van der Waals surface area contributed by atoms with Crippen LogP contribution in [0.25, 0.3) is 0 Å². The first-order valence-corrected chi connectivity index (χ1v) is 8.73. The van der Waals surface area contributed by atoms with Gasteiger partial charge in [-0.15, -0.1) is 0 Å². The minimum absolute atomic E-state index is 0.0244. The molecule has 0 N–H and O–H groups in total. The zero-order valence-electron chi connectivity index (χ0n) is 12.9. The van der Waals surface area contributed by atoms with Crippen molar-refractivity contribution in [3.05, 3.63) is 34.9 Å². The first-order valence-electron chi connectivity index (χ1n) is 8.35. The maximum Gasteiger partial charge on any atom is 0.228 e. The molecule has 0 aromatic heterocycles. The number of hydrogen-bond acceptors (Lipinski definition) is 2. The van der Waals surface area contributed by atoms with Gasteiger partial charge in [-0.25, -0.2) is 0 Å². The Balaban J connectivity index is 1.78. The number of fused-ring (bicyclic) bond motifs is 3. The molecule has 1 aromatic rings. The van der Waals surface area contributed by atoms with Gasteiger partial charge in [0.2, 0.25) is 5.91 Å². The van der Waals surface area contributed by atoms with Crippen LogP contribution in [0.1, 0.15) is 44.6 Å². The molecular weight excluding hydrogens is 298 g/mol. The van der Waals surface area contributed by atoms with E-state index in [0.29, 0.717) is 12.0 Å². The Morgan fingerprint density at radius 3 is 2.73 bits per heavy atom. The standard InChI is InChI=1S/C18H22ClNO2/c1-12-10-18(14-6-8-15(19)9-7-14)20(17(12)21)16-5-3-2-4-13(16)11-22-18/h6-9,12-13,16H,2-5,10-11H2,1H3/t12-,13?,16?,18+/m1/s1. The minimum atomic E-state index is -0.570. The summed E-state index contributed by atoms with van der Waals surface area (Å²) in [7, 11) is 0. The van der Waals surface area contributed by atoms with E-state index in [4.69, 9.17) is 16.3 Å². The van der Waals surface area contributed by atoms with Crippen molar-refractivity contribution in [2.24, 2.45) is 11.8 Å². The van der Waals surface area contributed by atoms with Crippen LogP contribution in [-0.2, 0) is 15.3 Å². The van der Waals surface area contributed by atoms with Crippen molar-refractivity contribution in [2.45, 2.75) is 50.8 Å². The van der Waals surface area contributed by atoms with Gasteiger partial charge in [0.25, 0.3) is 0 Å². The summed E-state index contributed by atoms with van der Waals surface area (Å²) in [6.45, 7) is 2.79. The molecule has 0 radical (unpaired) electrons. The molecule has 22 heavy (non-hydrogen) atoms. The molecule has 1 aromatic carbocycles. The molecule has 3 nitrogen and oxygen atoms in total. The van der Waals surface area contributed by atoms with Crippen molar-refractivity contribution in [3.8, 4) is 0 Å². The molecular formula is C18H22ClNO2. The second-order valence-electron chi connectivity index (χ2n) is 7.03. The second-order valence-corrected chi connectivity index (χ2v) is 7.46. The van der Waals surface area contributed by atoms with Gasteiger partial charge in [0.1, 0.15) is 0 Å². The van der Waals surface area contributed by atoms with Crippen molar-refractivity contribution >= 4 is 17.5 Å². The van der Waals surface area contributed by atoms with Gasteiger partial charge >= 0.3 is 0 Å². The van der Waals surface area contributed by atoms with E-state index in [1.165, 1.54) is 19.3 Å². The topological polar surface area (TPSA) is 29.5 Å². The SMILES string of the molecule is C[C@@H]1C[C@@]2(c3ccc(Cl)cc3)OCC3CCCCC3N2C1=O. The monoisotopic (exact) mass is 319 g/mol. The number of ether oxygens (including phenoxy) is 1. The van der Waals surface area contributed by atoms with Gasteiger partial charge in [-0.2, -0.15) is 0 Å². The van der Waals surface area contributed by atoms with Gasteiger partial charge in [0.15, 0.2) is 5.72 Å². The first-order chi connectivity index (χ1) is 10.6. The van der Waals surface area contributed by atoms with Crippen molar-refractivity contribution in [1.29, 1.82) is 0 Å². The molecule has 1 saturated carbocycles. The summed E-state index contributed by atoms with van der Waals surface area (Å²) in [4.78, 5) is 15.0. The molecule has 2 saturated heterocycles. The van der Waals surface area contributed by atoms with E-state index in [1.54, 1.807) is 0 Å². The number of nitrogens with zero attached hydrogens (tertiary/aromatic N) is 1. The van der Waals surface area contributed by atoms with E-state index in [2.05, 4.69) is 4.90 Å². The maximum atomic E-state index is 12.9. The van der Waals surface area contributed by atoms with Gasteiger partial charge in [0.05, 0.1) is 6.61 Å². The quantitative estimate of drug-likeness (QED) is 0.784. The molecule has 2 aliphatic heterocycles. The Morgan fingerprint density at radius 1 is 1.23 bits per heavy atom. The largest absolute Gasteiger partial charge is 0.351 e. The summed E-state index contributed by atoms with van der Waals surface area (Å²) >= 11 is 6.04. The molecule has 1 aliphatic carbocycles. The molecule has 4 heteroatoms. The predicted octanol–water partition coefficient (Wildman–Crippen LogP) is 3.95. The van der Waals surface area contributed by atoms with E-state index in [-0.39, 0.29) is 11.8 Å². The van der Waals surface area contributed by atoms with Crippen LogP contribution in [0.3, 0.4) is 0 Å². The van der Waals surface area contributed by atoms with Crippen LogP contribution in [0.5, 0.6) is 0 Å². The van der Waals surface area contributed by atoms with Crippen LogP contribution in [0.4, 0.5) is 0 Å². The van der Waals surface area contributed by atoms with Gasteiger partial charge in [0, 0.05) is 34.9 Å². The van der Waals surface area contributed by atoms with Crippen molar-refractivity contribution in [2.75, 3.05) is 6.61 Å². The number of rotatable bonds is 1. The molecule has 4 rings (SSSR count). The number of carbonyl (C=O) groups excluding carboxylic acids is 1. The summed E-state index contributed by atoms with van der Waals surface area (Å²) in [6.07, 6.45) is 5.52. The summed E-state index contributed by atoms with van der Waals surface area (Å²) in [5.41, 5.74) is 0.498. The van der Waals surface area contributed by atoms with E-state index in [0.717, 1.165) is 30.0 Å². The normalized spacial score (nSPS) is 37.8. The van der Waals surface area contributed by atoms with Gasteiger partial charge < -0.3 is 9.64 Å². The molecule has 118 valence electrons. The zero-order chi connectivity index (χ0) is 15.3. The molecule has 3 fully saturated rings. The first kappa shape index (κ1) is 14.5. The highest BCUT2D eigenvalue weighted by Gasteiger charge is 2.58. The average molecular weight is 320 g/mol. The second kappa shape index (κ2) is 5.24. The molecule has 3 aliphatic rings. The minimum Gasteiger partial charge on any atom is -0.351 e. The third-order valence-electron chi connectivity index (χ3n) is 5.66. The Labute approximate surface area is 136 Å². The summed E-state index contributed by atoms with van der Waals surface area (Å²) in [5.74, 6) is 0.784. The zero-order valence-corrected chi connectivity index (χ0v) is 13.7. The number of benzene rings is 1. The Bertz CT molecular complexity index is 587. The van der Waals surface area contributed by atoms with Crippen molar-refractivity contribution < 1.29 is 9.53 Å². The van der Waals surface area contributed by atoms with Gasteiger partial charge in [-0.05, 0) is 25.0 Å². The Hall–Kier alpha value is -1.06. The highest BCUT2D eigenvalue weighted by molar-refractivity contribution is 6.30. The lowest BCUT2D eigenvalue weighted by atomic mass is 9.81. The van der Waals surface area contributed by atoms with E-state index in [9.17, 15) is 4.79 Å². The molecule has 4 atom stereocenters. The fraction of sp³-hybridized carbons (Fsp3) is 0.611. The molecule has 2 unspecified atom stereocenters. The highest BCUT2D eigenvalue weighted by atomic mass is 35.5. The third kappa shape index (κ3) is 2.02. The molecule has 0 bridgehead atoms. The Kier molecular flexibility index (Phi) is 3.46. The molecule has 1 amide bonds. The number of hydrogen-bond donors (Lipinski definition) is 0. The van der Waals surface area contributed by atoms with E-state index >= 15 is 0 Å². The van der Waals surface area contributed by atoms with Crippen LogP contribution in [0.2, 0.25) is 5.02 Å². The lowest BCUT2D eigenvalue weighted by molar-refractivity contribution is -0.222. The van der Waals surface area contributed by atoms with Crippen LogP contribution in [0.15, 0.2) is 24.3 Å². The van der Waals surface area contributed by atoms with Gasteiger partial charge in [-0.1, -0.05) is 43.5 Å². The van der Waals surface area contributed by atoms with Crippen LogP contribution in [-0.4, -0.2) is 23.5 Å². The van der Waals surface area contributed by atoms with Crippen molar-refractivity contribution in [1.82, 2.24) is 4.90 Å². The lowest BCUT2D eigenvalue weighted by Crippen LogP contribution is -2.59. The van der Waals surface area contributed by atoms with Crippen LogP contribution >= 0.6 is 11.6 Å². The summed E-state index contributed by atoms with van der Waals surface area (Å²) in [5, 5.41) is 0.718. The smallest absolute Gasteiger partial charge is 0.228 e. The summed E-state index contributed by atoms with van der Waals surface area (Å²) in [6, 6.07) is 8.17. The van der Waals surface area contributed by atoms with Crippen LogP contribution in [0, 0.1) is 11.8 Å². The third-order valence-corrected chi connectivity index (χ3v) is 5.92. The highest BCUT2D eigenvalue weighted by Crippen LogP contribution is 2.51.